The third kappa shape index (κ3) is 7.82. The van der Waals surface area contributed by atoms with Crippen molar-refractivity contribution in [2.75, 3.05) is 6.61 Å². The lowest BCUT2D eigenvalue weighted by molar-refractivity contribution is -0.119. The minimum atomic E-state index is -0.447. The van der Waals surface area contributed by atoms with Crippen LogP contribution < -0.4 is 10.5 Å². The van der Waals surface area contributed by atoms with Crippen LogP contribution in [-0.2, 0) is 11.2 Å². The zero-order valence-corrected chi connectivity index (χ0v) is 12.6. The SMILES string of the molecule is CCCCCCCCCc1ccc(OCC(N)=O)cc1. The molecule has 0 aliphatic carbocycles. The molecule has 0 heterocycles. The molecule has 0 aliphatic rings. The first-order valence-electron chi connectivity index (χ1n) is 7.72. The standard InChI is InChI=1S/C17H27NO2/c1-2-3-4-5-6-7-8-9-15-10-12-16(13-11-15)20-14-17(18)19/h10-13H,2-9,14H2,1H3,(H2,18,19). The van der Waals surface area contributed by atoms with Crippen LogP contribution in [0.4, 0.5) is 0 Å². The van der Waals surface area contributed by atoms with Crippen molar-refractivity contribution in [2.45, 2.75) is 58.3 Å². The van der Waals surface area contributed by atoms with Crippen LogP contribution in [-0.4, -0.2) is 12.5 Å². The molecule has 1 aromatic rings. The van der Waals surface area contributed by atoms with E-state index >= 15 is 0 Å². The van der Waals surface area contributed by atoms with Gasteiger partial charge in [0.1, 0.15) is 5.75 Å². The monoisotopic (exact) mass is 277 g/mol. The predicted molar refractivity (Wildman–Crippen MR) is 82.8 cm³/mol. The predicted octanol–water partition coefficient (Wildman–Crippen LogP) is 3.84. The Kier molecular flexibility index (Phi) is 8.52. The maximum atomic E-state index is 10.6. The third-order valence-corrected chi connectivity index (χ3v) is 3.37. The summed E-state index contributed by atoms with van der Waals surface area (Å²) in [5.74, 6) is 0.254. The molecule has 3 heteroatoms. The first-order valence-corrected chi connectivity index (χ1v) is 7.72. The van der Waals surface area contributed by atoms with Gasteiger partial charge in [-0.25, -0.2) is 0 Å². The molecule has 0 fully saturated rings. The van der Waals surface area contributed by atoms with Gasteiger partial charge in [-0.1, -0.05) is 57.6 Å². The van der Waals surface area contributed by atoms with E-state index in [1.807, 2.05) is 12.1 Å². The summed E-state index contributed by atoms with van der Waals surface area (Å²) in [6.07, 6.45) is 10.4. The number of rotatable bonds is 11. The highest BCUT2D eigenvalue weighted by atomic mass is 16.5. The Bertz CT molecular complexity index is 373. The van der Waals surface area contributed by atoms with E-state index in [0.29, 0.717) is 5.75 Å². The summed E-state index contributed by atoms with van der Waals surface area (Å²) >= 11 is 0. The molecule has 0 saturated heterocycles. The molecule has 3 nitrogen and oxygen atoms in total. The van der Waals surface area contributed by atoms with E-state index in [1.54, 1.807) is 0 Å². The van der Waals surface area contributed by atoms with Crippen molar-refractivity contribution in [3.05, 3.63) is 29.8 Å². The second kappa shape index (κ2) is 10.3. The summed E-state index contributed by atoms with van der Waals surface area (Å²) in [6, 6.07) is 7.93. The van der Waals surface area contributed by atoms with Crippen molar-refractivity contribution >= 4 is 5.91 Å². The highest BCUT2D eigenvalue weighted by molar-refractivity contribution is 5.75. The van der Waals surface area contributed by atoms with Crippen molar-refractivity contribution in [2.24, 2.45) is 5.73 Å². The van der Waals surface area contributed by atoms with Gasteiger partial charge in [0.15, 0.2) is 6.61 Å². The average molecular weight is 277 g/mol. The fourth-order valence-electron chi connectivity index (χ4n) is 2.19. The van der Waals surface area contributed by atoms with E-state index in [1.165, 1.54) is 50.5 Å². The number of nitrogens with two attached hydrogens (primary N) is 1. The summed E-state index contributed by atoms with van der Waals surface area (Å²) < 4.78 is 5.23. The zero-order valence-electron chi connectivity index (χ0n) is 12.6. The highest BCUT2D eigenvalue weighted by Gasteiger charge is 1.98. The number of carbonyl (C=O) groups is 1. The Labute approximate surface area is 122 Å². The van der Waals surface area contributed by atoms with Gasteiger partial charge in [0, 0.05) is 0 Å². The van der Waals surface area contributed by atoms with Gasteiger partial charge in [0.05, 0.1) is 0 Å². The quantitative estimate of drug-likeness (QED) is 0.625. The zero-order chi connectivity index (χ0) is 14.6. The number of carbonyl (C=O) groups excluding carboxylic acids is 1. The Hall–Kier alpha value is -1.51. The number of amides is 1. The molecular weight excluding hydrogens is 250 g/mol. The van der Waals surface area contributed by atoms with Gasteiger partial charge in [-0.3, -0.25) is 4.79 Å². The van der Waals surface area contributed by atoms with Crippen LogP contribution in [0, 0.1) is 0 Å². The molecule has 1 rings (SSSR count). The lowest BCUT2D eigenvalue weighted by Crippen LogP contribution is -2.19. The van der Waals surface area contributed by atoms with Crippen LogP contribution in [0.1, 0.15) is 57.4 Å². The third-order valence-electron chi connectivity index (χ3n) is 3.37. The highest BCUT2D eigenvalue weighted by Crippen LogP contribution is 2.15. The second-order valence-corrected chi connectivity index (χ2v) is 5.27. The molecule has 20 heavy (non-hydrogen) atoms. The summed E-state index contributed by atoms with van der Waals surface area (Å²) in [7, 11) is 0. The van der Waals surface area contributed by atoms with Gasteiger partial charge >= 0.3 is 0 Å². The smallest absolute Gasteiger partial charge is 0.255 e. The maximum absolute atomic E-state index is 10.6. The van der Waals surface area contributed by atoms with Gasteiger partial charge in [-0.15, -0.1) is 0 Å². The van der Waals surface area contributed by atoms with E-state index in [0.717, 1.165) is 6.42 Å². The van der Waals surface area contributed by atoms with Gasteiger partial charge in [0.2, 0.25) is 0 Å². The largest absolute Gasteiger partial charge is 0.484 e. The molecule has 0 atom stereocenters. The van der Waals surface area contributed by atoms with E-state index in [4.69, 9.17) is 10.5 Å². The topological polar surface area (TPSA) is 52.3 Å². The lowest BCUT2D eigenvalue weighted by Gasteiger charge is -2.05. The van der Waals surface area contributed by atoms with Gasteiger partial charge in [-0.05, 0) is 30.5 Å². The summed E-state index contributed by atoms with van der Waals surface area (Å²) in [6.45, 7) is 2.19. The van der Waals surface area contributed by atoms with E-state index in [-0.39, 0.29) is 6.61 Å². The fourth-order valence-corrected chi connectivity index (χ4v) is 2.19. The molecule has 0 spiro atoms. The van der Waals surface area contributed by atoms with Crippen molar-refractivity contribution in [3.63, 3.8) is 0 Å². The van der Waals surface area contributed by atoms with Gasteiger partial charge in [-0.2, -0.15) is 0 Å². The molecule has 2 N–H and O–H groups in total. The molecule has 0 aromatic heterocycles. The fraction of sp³-hybridized carbons (Fsp3) is 0.588. The van der Waals surface area contributed by atoms with Crippen molar-refractivity contribution < 1.29 is 9.53 Å². The first-order chi connectivity index (χ1) is 9.72. The van der Waals surface area contributed by atoms with Crippen molar-refractivity contribution in [3.8, 4) is 5.75 Å². The molecule has 1 aromatic carbocycles. The second-order valence-electron chi connectivity index (χ2n) is 5.27. The van der Waals surface area contributed by atoms with Crippen molar-refractivity contribution in [1.29, 1.82) is 0 Å². The Morgan fingerprint density at radius 3 is 2.20 bits per heavy atom. The van der Waals surface area contributed by atoms with Crippen LogP contribution in [0.2, 0.25) is 0 Å². The van der Waals surface area contributed by atoms with Crippen LogP contribution in [0.3, 0.4) is 0 Å². The van der Waals surface area contributed by atoms with Crippen molar-refractivity contribution in [1.82, 2.24) is 0 Å². The number of unbranched alkanes of at least 4 members (excludes halogenated alkanes) is 6. The molecule has 0 unspecified atom stereocenters. The summed E-state index contributed by atoms with van der Waals surface area (Å²) in [5, 5.41) is 0. The Balaban J connectivity index is 2.13. The first kappa shape index (κ1) is 16.5. The molecule has 0 aliphatic heterocycles. The molecule has 0 radical (unpaired) electrons. The van der Waals surface area contributed by atoms with Crippen LogP contribution >= 0.6 is 0 Å². The number of hydrogen-bond donors (Lipinski definition) is 1. The van der Waals surface area contributed by atoms with E-state index in [9.17, 15) is 4.79 Å². The number of hydrogen-bond acceptors (Lipinski definition) is 2. The average Bonchev–Trinajstić information content (AvgIpc) is 2.45. The van der Waals surface area contributed by atoms with Gasteiger partial charge in [0.25, 0.3) is 5.91 Å². The maximum Gasteiger partial charge on any atom is 0.255 e. The summed E-state index contributed by atoms with van der Waals surface area (Å²) in [4.78, 5) is 10.6. The van der Waals surface area contributed by atoms with Gasteiger partial charge < -0.3 is 10.5 Å². The Morgan fingerprint density at radius 1 is 1.00 bits per heavy atom. The molecule has 112 valence electrons. The molecule has 1 amide bonds. The number of ether oxygens (including phenoxy) is 1. The molecule has 0 bridgehead atoms. The van der Waals surface area contributed by atoms with E-state index < -0.39 is 5.91 Å². The lowest BCUT2D eigenvalue weighted by atomic mass is 10.0. The normalized spacial score (nSPS) is 10.4. The minimum Gasteiger partial charge on any atom is -0.484 e. The number of benzene rings is 1. The number of aryl methyl sites for hydroxylation is 1. The van der Waals surface area contributed by atoms with E-state index in [2.05, 4.69) is 19.1 Å². The minimum absolute atomic E-state index is 0.0584. The number of primary amides is 1. The Morgan fingerprint density at radius 2 is 1.60 bits per heavy atom. The van der Waals surface area contributed by atoms with Crippen LogP contribution in [0.25, 0.3) is 0 Å². The molecule has 0 saturated carbocycles. The summed E-state index contributed by atoms with van der Waals surface area (Å²) in [5.41, 5.74) is 6.35. The molecular formula is C17H27NO2. The van der Waals surface area contributed by atoms with Crippen LogP contribution in [0.15, 0.2) is 24.3 Å². The van der Waals surface area contributed by atoms with Crippen LogP contribution in [0.5, 0.6) is 5.75 Å².